The molecule has 36 heavy (non-hydrogen) atoms. The predicted molar refractivity (Wildman–Crippen MR) is 139 cm³/mol. The summed E-state index contributed by atoms with van der Waals surface area (Å²) < 4.78 is 8.72. The summed E-state index contributed by atoms with van der Waals surface area (Å²) in [5, 5.41) is 10.5. The van der Waals surface area contributed by atoms with Crippen molar-refractivity contribution in [2.75, 3.05) is 13.1 Å². The van der Waals surface area contributed by atoms with Crippen LogP contribution in [-0.4, -0.2) is 39.5 Å². The zero-order valence-electron chi connectivity index (χ0n) is 19.4. The largest absolute Gasteiger partial charge is 0.481 e. The van der Waals surface area contributed by atoms with Gasteiger partial charge in [0.1, 0.15) is 12.2 Å². The number of aliphatic carboxylic acids is 1. The first-order chi connectivity index (χ1) is 17.3. The van der Waals surface area contributed by atoms with E-state index in [1.165, 1.54) is 0 Å². The van der Waals surface area contributed by atoms with Gasteiger partial charge in [-0.15, -0.1) is 0 Å². The van der Waals surface area contributed by atoms with Gasteiger partial charge in [0.25, 0.3) is 0 Å². The van der Waals surface area contributed by atoms with Gasteiger partial charge in [-0.25, -0.2) is 0 Å². The van der Waals surface area contributed by atoms with Crippen LogP contribution in [0.4, 0.5) is 0 Å². The van der Waals surface area contributed by atoms with Crippen LogP contribution in [0.1, 0.15) is 54.7 Å². The molecule has 1 fully saturated rings. The van der Waals surface area contributed by atoms with Crippen LogP contribution in [0.25, 0.3) is 5.69 Å². The molecule has 1 saturated heterocycles. The molecule has 3 heterocycles. The normalized spacial score (nSPS) is 19.9. The van der Waals surface area contributed by atoms with Crippen LogP contribution in [0.2, 0.25) is 15.1 Å². The van der Waals surface area contributed by atoms with Crippen LogP contribution in [0.15, 0.2) is 54.7 Å². The topological polar surface area (TPSA) is 71.8 Å². The van der Waals surface area contributed by atoms with E-state index in [4.69, 9.17) is 44.6 Å². The number of piperidine rings is 1. The number of hydrogen-bond acceptors (Lipinski definition) is 3. The lowest BCUT2D eigenvalue weighted by molar-refractivity contribution is -0.139. The summed E-state index contributed by atoms with van der Waals surface area (Å²) in [4.78, 5) is 26.2. The van der Waals surface area contributed by atoms with Gasteiger partial charge in [-0.2, -0.15) is 0 Å². The van der Waals surface area contributed by atoms with Crippen molar-refractivity contribution in [1.29, 1.82) is 0 Å². The summed E-state index contributed by atoms with van der Waals surface area (Å²) in [5.74, 6) is -0.717. The molecule has 1 amide bonds. The molecule has 5 rings (SSSR count). The van der Waals surface area contributed by atoms with Crippen molar-refractivity contribution in [3.8, 4) is 5.69 Å². The Morgan fingerprint density at radius 1 is 0.972 bits per heavy atom. The second-order valence-corrected chi connectivity index (χ2v) is 10.5. The average Bonchev–Trinajstić information content (AvgIpc) is 3.29. The van der Waals surface area contributed by atoms with Gasteiger partial charge >= 0.3 is 5.97 Å². The molecule has 0 saturated carbocycles. The molecule has 2 aromatic carbocycles. The number of ether oxygens (including phenoxy) is 1. The SMILES string of the molecule is O=C(O)CC1CCN(C(=O)CC2OC(c3cccc(Cl)c3Cl)c3cc(Cl)ccc3-n3cccc32)CC1. The van der Waals surface area contributed by atoms with Crippen LogP contribution in [0.3, 0.4) is 0 Å². The number of carboxylic acids is 1. The van der Waals surface area contributed by atoms with Gasteiger partial charge in [0.2, 0.25) is 5.91 Å². The smallest absolute Gasteiger partial charge is 0.303 e. The molecule has 0 spiro atoms. The highest BCUT2D eigenvalue weighted by Crippen LogP contribution is 2.45. The minimum absolute atomic E-state index is 0.0264. The van der Waals surface area contributed by atoms with E-state index in [0.717, 1.165) is 16.9 Å². The minimum Gasteiger partial charge on any atom is -0.481 e. The van der Waals surface area contributed by atoms with Crippen molar-refractivity contribution < 1.29 is 19.4 Å². The molecule has 0 bridgehead atoms. The Morgan fingerprint density at radius 2 is 1.75 bits per heavy atom. The number of carbonyl (C=O) groups is 2. The Kier molecular flexibility index (Phi) is 7.31. The number of likely N-dealkylation sites (tertiary alicyclic amines) is 1. The Labute approximate surface area is 224 Å². The first-order valence-electron chi connectivity index (χ1n) is 11.9. The molecule has 9 heteroatoms. The molecule has 0 aliphatic carbocycles. The number of fused-ring (bicyclic) bond motifs is 3. The van der Waals surface area contributed by atoms with Gasteiger partial charge in [-0.1, -0.05) is 46.9 Å². The van der Waals surface area contributed by atoms with Crippen LogP contribution in [-0.2, 0) is 14.3 Å². The average molecular weight is 548 g/mol. The minimum atomic E-state index is -0.794. The molecule has 2 aliphatic rings. The molecule has 0 radical (unpaired) electrons. The molecule has 1 aromatic heterocycles. The Bertz CT molecular complexity index is 1300. The molecule has 1 N–H and O–H groups in total. The molecule has 2 unspecified atom stereocenters. The number of carbonyl (C=O) groups excluding carboxylic acids is 1. The molecular weight excluding hydrogens is 523 g/mol. The monoisotopic (exact) mass is 546 g/mol. The van der Waals surface area contributed by atoms with Crippen LogP contribution in [0.5, 0.6) is 0 Å². The van der Waals surface area contributed by atoms with E-state index in [1.54, 1.807) is 6.07 Å². The van der Waals surface area contributed by atoms with E-state index in [9.17, 15) is 9.59 Å². The molecule has 2 atom stereocenters. The maximum Gasteiger partial charge on any atom is 0.303 e. The van der Waals surface area contributed by atoms with E-state index in [1.807, 2.05) is 58.1 Å². The fourth-order valence-corrected chi connectivity index (χ4v) is 5.76. The predicted octanol–water partition coefficient (Wildman–Crippen LogP) is 6.70. The summed E-state index contributed by atoms with van der Waals surface area (Å²) in [5.41, 5.74) is 3.28. The summed E-state index contributed by atoms with van der Waals surface area (Å²) in [6, 6.07) is 14.9. The first-order valence-corrected chi connectivity index (χ1v) is 13.0. The number of halogens is 3. The van der Waals surface area contributed by atoms with Crippen LogP contribution >= 0.6 is 34.8 Å². The highest BCUT2D eigenvalue weighted by atomic mass is 35.5. The molecule has 188 valence electrons. The van der Waals surface area contributed by atoms with Crippen LogP contribution < -0.4 is 0 Å². The van der Waals surface area contributed by atoms with E-state index in [0.29, 0.717) is 46.6 Å². The fraction of sp³-hybridized carbons (Fsp3) is 0.333. The lowest BCUT2D eigenvalue weighted by Gasteiger charge is -2.32. The Hall–Kier alpha value is -2.51. The van der Waals surface area contributed by atoms with Crippen molar-refractivity contribution in [1.82, 2.24) is 9.47 Å². The fourth-order valence-electron chi connectivity index (χ4n) is 5.18. The maximum absolute atomic E-state index is 13.4. The number of hydrogen-bond donors (Lipinski definition) is 1. The van der Waals surface area contributed by atoms with Gasteiger partial charge in [0.15, 0.2) is 0 Å². The lowest BCUT2D eigenvalue weighted by atomic mass is 9.93. The van der Waals surface area contributed by atoms with E-state index in [2.05, 4.69) is 0 Å². The zero-order chi connectivity index (χ0) is 25.4. The van der Waals surface area contributed by atoms with Gasteiger partial charge in [0.05, 0.1) is 27.8 Å². The standard InChI is InChI=1S/C27H25Cl3N2O4/c28-17-6-7-21-19(14-17)27(18-3-1-4-20(29)26(18)30)36-23(22-5-2-10-32(21)22)15-24(33)31-11-8-16(9-12-31)13-25(34)35/h1-7,10,14,16,23,27H,8-9,11-13,15H2,(H,34,35). The van der Waals surface area contributed by atoms with Crippen molar-refractivity contribution >= 4 is 46.7 Å². The third-order valence-electron chi connectivity index (χ3n) is 7.00. The number of benzene rings is 2. The van der Waals surface area contributed by atoms with Gasteiger partial charge < -0.3 is 19.3 Å². The van der Waals surface area contributed by atoms with Crippen molar-refractivity contribution in [2.24, 2.45) is 5.92 Å². The van der Waals surface area contributed by atoms with Gasteiger partial charge in [-0.3, -0.25) is 9.59 Å². The van der Waals surface area contributed by atoms with E-state index in [-0.39, 0.29) is 24.7 Å². The Balaban J connectivity index is 1.47. The summed E-state index contributed by atoms with van der Waals surface area (Å²) in [6.07, 6.45) is 2.46. The van der Waals surface area contributed by atoms with Crippen molar-refractivity contribution in [2.45, 2.75) is 37.9 Å². The summed E-state index contributed by atoms with van der Waals surface area (Å²) >= 11 is 19.4. The highest BCUT2D eigenvalue weighted by molar-refractivity contribution is 6.42. The molecular formula is C27H25Cl3N2O4. The number of amides is 1. The van der Waals surface area contributed by atoms with Gasteiger partial charge in [-0.05, 0) is 55.2 Å². The molecule has 3 aromatic rings. The number of carboxylic acid groups (broad SMARTS) is 1. The number of nitrogens with zero attached hydrogens (tertiary/aromatic N) is 2. The Morgan fingerprint density at radius 3 is 2.50 bits per heavy atom. The molecule has 2 aliphatic heterocycles. The third kappa shape index (κ3) is 5.00. The second kappa shape index (κ2) is 10.5. The van der Waals surface area contributed by atoms with Crippen molar-refractivity contribution in [3.63, 3.8) is 0 Å². The van der Waals surface area contributed by atoms with Crippen molar-refractivity contribution in [3.05, 3.63) is 86.6 Å². The van der Waals surface area contributed by atoms with E-state index >= 15 is 0 Å². The summed E-state index contributed by atoms with van der Waals surface area (Å²) in [6.45, 7) is 1.09. The van der Waals surface area contributed by atoms with Gasteiger partial charge in [0, 0.05) is 41.9 Å². The number of aromatic nitrogens is 1. The first kappa shape index (κ1) is 25.2. The second-order valence-electron chi connectivity index (χ2n) is 9.28. The summed E-state index contributed by atoms with van der Waals surface area (Å²) in [7, 11) is 0. The van der Waals surface area contributed by atoms with Crippen LogP contribution in [0, 0.1) is 5.92 Å². The van der Waals surface area contributed by atoms with E-state index < -0.39 is 18.2 Å². The third-order valence-corrected chi connectivity index (χ3v) is 8.07. The molecule has 6 nitrogen and oxygen atoms in total. The maximum atomic E-state index is 13.4. The quantitative estimate of drug-likeness (QED) is 0.386. The highest BCUT2D eigenvalue weighted by Gasteiger charge is 2.34. The lowest BCUT2D eigenvalue weighted by Crippen LogP contribution is -2.39. The number of rotatable bonds is 5. The zero-order valence-corrected chi connectivity index (χ0v) is 21.6.